The highest BCUT2D eigenvalue weighted by molar-refractivity contribution is 7.15. The first kappa shape index (κ1) is 24.5. The molecule has 196 valence electrons. The molecule has 3 N–H and O–H groups in total. The third kappa shape index (κ3) is 5.42. The van der Waals surface area contributed by atoms with E-state index in [1.165, 1.54) is 37.0 Å². The van der Waals surface area contributed by atoms with Gasteiger partial charge in [-0.3, -0.25) is 14.7 Å². The molecule has 3 aromatic rings. The molecule has 0 aliphatic carbocycles. The second kappa shape index (κ2) is 10.9. The van der Waals surface area contributed by atoms with E-state index in [0.29, 0.717) is 35.5 Å². The number of aliphatic hydroxyl groups is 1. The summed E-state index contributed by atoms with van der Waals surface area (Å²) in [6.45, 7) is 2.66. The molecule has 3 saturated heterocycles. The van der Waals surface area contributed by atoms with Gasteiger partial charge in [-0.1, -0.05) is 17.8 Å². The Morgan fingerprint density at radius 2 is 1.92 bits per heavy atom. The number of likely N-dealkylation sites (tertiary alicyclic amines) is 1. The minimum absolute atomic E-state index is 0.0274. The molecule has 37 heavy (non-hydrogen) atoms. The zero-order chi connectivity index (χ0) is 25.2. The molecule has 3 fully saturated rings. The summed E-state index contributed by atoms with van der Waals surface area (Å²) in [5.41, 5.74) is 0.857. The zero-order valence-corrected chi connectivity index (χ0v) is 21.9. The lowest BCUT2D eigenvalue weighted by molar-refractivity contribution is -0.142. The van der Waals surface area contributed by atoms with E-state index in [1.807, 2.05) is 18.2 Å². The fraction of sp³-hybridized carbons (Fsp3) is 0.556. The highest BCUT2D eigenvalue weighted by Crippen LogP contribution is 2.36. The summed E-state index contributed by atoms with van der Waals surface area (Å²) in [5, 5.41) is 18.1. The number of carbonyl (C=O) groups excluding carboxylic acids is 1. The van der Waals surface area contributed by atoms with Gasteiger partial charge in [-0.15, -0.1) is 0 Å². The van der Waals surface area contributed by atoms with Gasteiger partial charge in [0.1, 0.15) is 11.6 Å². The normalized spacial score (nSPS) is 24.2. The average molecular weight is 522 g/mol. The van der Waals surface area contributed by atoms with Crippen molar-refractivity contribution in [2.24, 2.45) is 0 Å². The quantitative estimate of drug-likeness (QED) is 0.426. The Labute approximate surface area is 221 Å². The molecule has 2 bridgehead atoms. The summed E-state index contributed by atoms with van der Waals surface area (Å²) in [5.74, 6) is 1.80. The molecule has 1 unspecified atom stereocenters. The van der Waals surface area contributed by atoms with Crippen LogP contribution in [0.15, 0.2) is 30.6 Å². The minimum atomic E-state index is -0.0274. The Balaban J connectivity index is 1.19. The summed E-state index contributed by atoms with van der Waals surface area (Å²) >= 11 is 1.41. The first-order valence-corrected chi connectivity index (χ1v) is 14.4. The Morgan fingerprint density at radius 3 is 2.68 bits per heavy atom. The molecule has 0 radical (unpaired) electrons. The van der Waals surface area contributed by atoms with Crippen molar-refractivity contribution in [2.75, 3.05) is 30.3 Å². The van der Waals surface area contributed by atoms with E-state index >= 15 is 0 Å². The van der Waals surface area contributed by atoms with Gasteiger partial charge < -0.3 is 20.6 Å². The molecule has 3 aromatic heterocycles. The Morgan fingerprint density at radius 1 is 1.11 bits per heavy atom. The number of anilines is 3. The predicted octanol–water partition coefficient (Wildman–Crippen LogP) is 4.13. The second-order valence-corrected chi connectivity index (χ2v) is 11.6. The first-order valence-electron chi connectivity index (χ1n) is 13.5. The fourth-order valence-corrected chi connectivity index (χ4v) is 6.97. The van der Waals surface area contributed by atoms with Crippen molar-refractivity contribution in [2.45, 2.75) is 76.1 Å². The lowest BCUT2D eigenvalue weighted by Crippen LogP contribution is -2.59. The topological polar surface area (TPSA) is 107 Å². The number of nitrogens with one attached hydrogen (secondary N) is 2. The largest absolute Gasteiger partial charge is 0.391 e. The van der Waals surface area contributed by atoms with E-state index in [1.54, 1.807) is 12.4 Å². The molecule has 3 atom stereocenters. The Bertz CT molecular complexity index is 1230. The fourth-order valence-electron chi connectivity index (χ4n) is 6.29. The molecule has 6 heterocycles. The maximum absolute atomic E-state index is 13.4. The van der Waals surface area contributed by atoms with Crippen LogP contribution in [0.25, 0.3) is 10.9 Å². The number of amides is 1. The van der Waals surface area contributed by atoms with E-state index in [0.717, 1.165) is 60.4 Å². The van der Waals surface area contributed by atoms with Crippen molar-refractivity contribution in [3.63, 3.8) is 0 Å². The lowest BCUT2D eigenvalue weighted by atomic mass is 9.81. The summed E-state index contributed by atoms with van der Waals surface area (Å²) < 4.78 is 0. The highest BCUT2D eigenvalue weighted by Gasteiger charge is 2.41. The van der Waals surface area contributed by atoms with Crippen LogP contribution in [0.3, 0.4) is 0 Å². The van der Waals surface area contributed by atoms with Gasteiger partial charge in [-0.05, 0) is 70.2 Å². The number of aliphatic hydroxyl groups excluding tert-OH is 1. The smallest absolute Gasteiger partial charge is 0.237 e. The van der Waals surface area contributed by atoms with Crippen LogP contribution < -0.4 is 10.6 Å². The van der Waals surface area contributed by atoms with E-state index in [4.69, 9.17) is 4.98 Å². The van der Waals surface area contributed by atoms with Crippen LogP contribution in [0, 0.1) is 0 Å². The SMILES string of the molecule is O=C(CN1CCCCC1)N1[C@@H]2CCC[C@H]1CC(Nc1nc(Nc3ncc(CO)s3)cc3ncccc13)C2. The first-order chi connectivity index (χ1) is 18.2. The van der Waals surface area contributed by atoms with E-state index in [2.05, 4.69) is 30.4 Å². The monoisotopic (exact) mass is 521 g/mol. The molecule has 0 aromatic carbocycles. The number of hydrogen-bond donors (Lipinski definition) is 3. The number of carbonyl (C=O) groups is 1. The van der Waals surface area contributed by atoms with Gasteiger partial charge in [-0.25, -0.2) is 9.97 Å². The van der Waals surface area contributed by atoms with Crippen molar-refractivity contribution >= 4 is 44.9 Å². The molecule has 3 aliphatic heterocycles. The van der Waals surface area contributed by atoms with Crippen LogP contribution in [-0.2, 0) is 11.4 Å². The van der Waals surface area contributed by atoms with Crippen molar-refractivity contribution in [1.29, 1.82) is 0 Å². The van der Waals surface area contributed by atoms with Crippen LogP contribution in [0.2, 0.25) is 0 Å². The summed E-state index contributed by atoms with van der Waals surface area (Å²) in [6, 6.07) is 6.75. The van der Waals surface area contributed by atoms with Crippen LogP contribution >= 0.6 is 11.3 Å². The number of hydrogen-bond acceptors (Lipinski definition) is 9. The van der Waals surface area contributed by atoms with Crippen LogP contribution in [0.5, 0.6) is 0 Å². The standard InChI is InChI=1S/C27H35N7O2S/c35-17-21-15-29-27(37-21)32-24-14-23-22(8-5-9-28-23)26(31-24)30-18-12-19-6-4-7-20(13-18)34(19)25(36)16-33-10-2-1-3-11-33/h5,8-9,14-15,18-20,35H,1-4,6-7,10-13,16-17H2,(H2,29,30,31,32)/t18?,19-,20+. The molecule has 1 amide bonds. The van der Waals surface area contributed by atoms with Crippen molar-refractivity contribution in [3.8, 4) is 0 Å². The number of rotatable bonds is 7. The Hall–Kier alpha value is -2.82. The van der Waals surface area contributed by atoms with E-state index < -0.39 is 0 Å². The van der Waals surface area contributed by atoms with Crippen molar-refractivity contribution < 1.29 is 9.90 Å². The predicted molar refractivity (Wildman–Crippen MR) is 146 cm³/mol. The number of nitrogens with zero attached hydrogens (tertiary/aromatic N) is 5. The molecule has 9 nitrogen and oxygen atoms in total. The van der Waals surface area contributed by atoms with Crippen LogP contribution in [0.4, 0.5) is 16.8 Å². The Kier molecular flexibility index (Phi) is 7.21. The van der Waals surface area contributed by atoms with Gasteiger partial charge in [-0.2, -0.15) is 0 Å². The third-order valence-corrected chi connectivity index (χ3v) is 8.85. The second-order valence-electron chi connectivity index (χ2n) is 10.5. The number of fused-ring (bicyclic) bond motifs is 3. The van der Waals surface area contributed by atoms with Gasteiger partial charge in [0.2, 0.25) is 5.91 Å². The molecule has 3 aliphatic rings. The maximum atomic E-state index is 13.4. The maximum Gasteiger partial charge on any atom is 0.237 e. The van der Waals surface area contributed by atoms with Gasteiger partial charge in [0, 0.05) is 42.0 Å². The molecule has 0 spiro atoms. The molecular weight excluding hydrogens is 486 g/mol. The number of piperidine rings is 3. The molecule has 6 rings (SSSR count). The lowest BCUT2D eigenvalue weighted by Gasteiger charge is -2.49. The molecular formula is C27H35N7O2S. The summed E-state index contributed by atoms with van der Waals surface area (Å²) in [6.07, 6.45) is 12.4. The van der Waals surface area contributed by atoms with Gasteiger partial charge in [0.05, 0.1) is 23.5 Å². The number of aromatic nitrogens is 3. The average Bonchev–Trinajstić information content (AvgIpc) is 3.36. The summed E-state index contributed by atoms with van der Waals surface area (Å²) in [7, 11) is 0. The van der Waals surface area contributed by atoms with E-state index in [9.17, 15) is 9.90 Å². The van der Waals surface area contributed by atoms with E-state index in [-0.39, 0.29) is 12.6 Å². The zero-order valence-electron chi connectivity index (χ0n) is 21.1. The van der Waals surface area contributed by atoms with Gasteiger partial charge >= 0.3 is 0 Å². The third-order valence-electron chi connectivity index (χ3n) is 7.95. The highest BCUT2D eigenvalue weighted by atomic mass is 32.1. The van der Waals surface area contributed by atoms with Gasteiger partial charge in [0.15, 0.2) is 5.13 Å². The van der Waals surface area contributed by atoms with Crippen LogP contribution in [0.1, 0.15) is 56.2 Å². The van der Waals surface area contributed by atoms with Gasteiger partial charge in [0.25, 0.3) is 0 Å². The van der Waals surface area contributed by atoms with Crippen molar-refractivity contribution in [3.05, 3.63) is 35.5 Å². The molecule has 10 heteroatoms. The summed E-state index contributed by atoms with van der Waals surface area (Å²) in [4.78, 5) is 32.6. The number of thiazole rings is 1. The minimum Gasteiger partial charge on any atom is -0.391 e. The molecule has 0 saturated carbocycles. The number of pyridine rings is 2. The van der Waals surface area contributed by atoms with Crippen molar-refractivity contribution in [1.82, 2.24) is 24.8 Å². The van der Waals surface area contributed by atoms with Crippen LogP contribution in [-0.4, -0.2) is 73.5 Å².